The van der Waals surface area contributed by atoms with Gasteiger partial charge in [-0.25, -0.2) is 4.79 Å². The minimum Gasteiger partial charge on any atom is -0.460 e. The van der Waals surface area contributed by atoms with Crippen molar-refractivity contribution in [3.05, 3.63) is 103 Å². The molecule has 0 aliphatic rings. The Bertz CT molecular complexity index is 1400. The van der Waals surface area contributed by atoms with Crippen LogP contribution in [0.15, 0.2) is 57.0 Å². The molecule has 0 saturated heterocycles. The highest BCUT2D eigenvalue weighted by Gasteiger charge is 2.30. The third-order valence-electron chi connectivity index (χ3n) is 5.32. The Labute approximate surface area is 192 Å². The molecule has 0 aliphatic carbocycles. The summed E-state index contributed by atoms with van der Waals surface area (Å²) < 4.78 is 11.2. The Morgan fingerprint density at radius 2 is 1.70 bits per heavy atom. The smallest absolute Gasteiger partial charge is 0.339 e. The van der Waals surface area contributed by atoms with E-state index in [-0.39, 0.29) is 28.3 Å². The maximum absolute atomic E-state index is 12.6. The minimum absolute atomic E-state index is 0.0566. The average Bonchev–Trinajstić information content (AvgIpc) is 3.49. The fourth-order valence-electron chi connectivity index (χ4n) is 3.75. The van der Waals surface area contributed by atoms with Gasteiger partial charge in [0.05, 0.1) is 27.6 Å². The second-order valence-electron chi connectivity index (χ2n) is 7.45. The number of benzene rings is 1. The highest BCUT2D eigenvalue weighted by Crippen LogP contribution is 2.35. The molecule has 1 aromatic carbocycles. The summed E-state index contributed by atoms with van der Waals surface area (Å²) in [6.45, 7) is 7.05. The summed E-state index contributed by atoms with van der Waals surface area (Å²) in [4.78, 5) is 37.5. The summed E-state index contributed by atoms with van der Waals surface area (Å²) in [5.41, 5.74) is 1.96. The van der Waals surface area contributed by atoms with Gasteiger partial charge in [0.1, 0.15) is 18.1 Å². The first-order chi connectivity index (χ1) is 15.8. The first-order valence-electron chi connectivity index (χ1n) is 10.0. The summed E-state index contributed by atoms with van der Waals surface area (Å²) in [7, 11) is 0. The van der Waals surface area contributed by atoms with Crippen molar-refractivity contribution in [2.45, 2.75) is 19.8 Å². The molecule has 0 radical (unpaired) electrons. The molecule has 4 aromatic rings. The molecule has 9 nitrogen and oxygen atoms in total. The number of ether oxygens (including phenoxy) is 1. The molecule has 170 valence electrons. The molecule has 33 heavy (non-hydrogen) atoms. The lowest BCUT2D eigenvalue weighted by molar-refractivity contribution is 0.0550. The lowest BCUT2D eigenvalue weighted by atomic mass is 9.89. The molecule has 0 amide bonds. The van der Waals surface area contributed by atoms with Crippen molar-refractivity contribution in [1.82, 2.24) is 20.4 Å². The van der Waals surface area contributed by atoms with Crippen LogP contribution < -0.4 is 11.1 Å². The number of rotatable bonds is 7. The molecule has 0 aliphatic heterocycles. The van der Waals surface area contributed by atoms with Crippen LogP contribution in [0.2, 0.25) is 5.02 Å². The monoisotopic (exact) mass is 468 g/mol. The van der Waals surface area contributed by atoms with Crippen molar-refractivity contribution in [3.8, 4) is 11.3 Å². The van der Waals surface area contributed by atoms with Crippen LogP contribution in [-0.2, 0) is 4.74 Å². The van der Waals surface area contributed by atoms with Crippen LogP contribution in [0.5, 0.6) is 0 Å². The highest BCUT2D eigenvalue weighted by atomic mass is 35.5. The standard InChI is InChI=1S/C23H21ClN4O5/c1-4-9-32-23(31)14-10-13(5-6-15(14)24)16-7-8-17(33-16)20(18-11(2)25-27-21(18)29)19-12(3)26-28-22(19)30/h4-8,10,20H,1,9H2,2-3H3,(H2,25,27,29)(H2,26,28,30). The maximum atomic E-state index is 12.6. The first kappa shape index (κ1) is 22.2. The summed E-state index contributed by atoms with van der Waals surface area (Å²) in [6, 6.07) is 8.24. The van der Waals surface area contributed by atoms with E-state index in [0.717, 1.165) is 0 Å². The Morgan fingerprint density at radius 1 is 1.06 bits per heavy atom. The van der Waals surface area contributed by atoms with Crippen LogP contribution in [0.1, 0.15) is 44.6 Å². The van der Waals surface area contributed by atoms with E-state index in [1.165, 1.54) is 6.08 Å². The molecular formula is C23H21ClN4O5. The molecule has 4 N–H and O–H groups in total. The summed E-state index contributed by atoms with van der Waals surface area (Å²) >= 11 is 6.18. The minimum atomic E-state index is -0.756. The molecule has 3 heterocycles. The molecule has 0 saturated carbocycles. The molecule has 0 bridgehead atoms. The second kappa shape index (κ2) is 8.87. The lowest BCUT2D eigenvalue weighted by Crippen LogP contribution is -2.19. The van der Waals surface area contributed by atoms with Gasteiger partial charge >= 0.3 is 5.97 Å². The zero-order chi connectivity index (χ0) is 23.7. The van der Waals surface area contributed by atoms with Gasteiger partial charge in [0, 0.05) is 17.0 Å². The molecule has 0 fully saturated rings. The summed E-state index contributed by atoms with van der Waals surface area (Å²) in [5, 5.41) is 10.9. The molecule has 0 atom stereocenters. The third-order valence-corrected chi connectivity index (χ3v) is 5.65. The van der Waals surface area contributed by atoms with Crippen LogP contribution in [0.3, 0.4) is 0 Å². The van der Waals surface area contributed by atoms with Crippen LogP contribution in [0, 0.1) is 13.8 Å². The lowest BCUT2D eigenvalue weighted by Gasteiger charge is -2.12. The Morgan fingerprint density at radius 3 is 2.24 bits per heavy atom. The molecule has 0 unspecified atom stereocenters. The number of furan rings is 1. The van der Waals surface area contributed by atoms with Gasteiger partial charge in [-0.2, -0.15) is 0 Å². The quantitative estimate of drug-likeness (QED) is 0.242. The zero-order valence-corrected chi connectivity index (χ0v) is 18.6. The first-order valence-corrected chi connectivity index (χ1v) is 10.4. The van der Waals surface area contributed by atoms with Crippen LogP contribution in [-0.4, -0.2) is 33.0 Å². The van der Waals surface area contributed by atoms with Gasteiger partial charge in [-0.05, 0) is 44.2 Å². The fraction of sp³-hybridized carbons (Fsp3) is 0.174. The zero-order valence-electron chi connectivity index (χ0n) is 17.9. The van der Waals surface area contributed by atoms with Gasteiger partial charge < -0.3 is 19.4 Å². The van der Waals surface area contributed by atoms with E-state index in [0.29, 0.717) is 39.6 Å². The normalized spacial score (nSPS) is 11.2. The fourth-order valence-corrected chi connectivity index (χ4v) is 3.94. The summed E-state index contributed by atoms with van der Waals surface area (Å²) in [6.07, 6.45) is 1.46. The van der Waals surface area contributed by atoms with Gasteiger partial charge in [-0.15, -0.1) is 0 Å². The SMILES string of the molecule is C=CCOC(=O)c1cc(-c2ccc(C(c3c(C)[nH][nH]c3=O)c3c(C)[nH][nH]c3=O)o2)ccc1Cl. The number of carbonyl (C=O) groups excluding carboxylic acids is 1. The van der Waals surface area contributed by atoms with Gasteiger partial charge in [0.2, 0.25) is 0 Å². The number of halogens is 1. The van der Waals surface area contributed by atoms with E-state index in [1.807, 2.05) is 0 Å². The van der Waals surface area contributed by atoms with Gasteiger partial charge in [-0.1, -0.05) is 24.3 Å². The van der Waals surface area contributed by atoms with Crippen molar-refractivity contribution in [2.75, 3.05) is 6.61 Å². The van der Waals surface area contributed by atoms with E-state index >= 15 is 0 Å². The second-order valence-corrected chi connectivity index (χ2v) is 7.86. The number of nitrogens with one attached hydrogen (secondary N) is 4. The van der Waals surface area contributed by atoms with E-state index < -0.39 is 11.9 Å². The maximum Gasteiger partial charge on any atom is 0.339 e. The van der Waals surface area contributed by atoms with Crippen LogP contribution in [0.25, 0.3) is 11.3 Å². The molecule has 0 spiro atoms. The Kier molecular flexibility index (Phi) is 5.97. The largest absolute Gasteiger partial charge is 0.460 e. The predicted octanol–water partition coefficient (Wildman–Crippen LogP) is 3.77. The number of carbonyl (C=O) groups is 1. The van der Waals surface area contributed by atoms with Crippen LogP contribution in [0.4, 0.5) is 0 Å². The topological polar surface area (TPSA) is 137 Å². The van der Waals surface area contributed by atoms with Crippen molar-refractivity contribution >= 4 is 17.6 Å². The van der Waals surface area contributed by atoms with E-state index in [2.05, 4.69) is 27.0 Å². The molecule has 3 aromatic heterocycles. The van der Waals surface area contributed by atoms with Crippen molar-refractivity contribution < 1.29 is 13.9 Å². The third kappa shape index (κ3) is 4.10. The van der Waals surface area contributed by atoms with E-state index in [4.69, 9.17) is 20.8 Å². The predicted molar refractivity (Wildman–Crippen MR) is 123 cm³/mol. The van der Waals surface area contributed by atoms with Crippen LogP contribution >= 0.6 is 11.6 Å². The van der Waals surface area contributed by atoms with Crippen molar-refractivity contribution in [3.63, 3.8) is 0 Å². The molecule has 4 rings (SSSR count). The molecular weight excluding hydrogens is 448 g/mol. The van der Waals surface area contributed by atoms with Gasteiger partial charge in [0.15, 0.2) is 0 Å². The van der Waals surface area contributed by atoms with Gasteiger partial charge in [0.25, 0.3) is 11.1 Å². The summed E-state index contributed by atoms with van der Waals surface area (Å²) in [5.74, 6) is -0.528. The number of aromatic amines is 4. The number of aryl methyl sites for hydroxylation is 2. The highest BCUT2D eigenvalue weighted by molar-refractivity contribution is 6.33. The van der Waals surface area contributed by atoms with Gasteiger partial charge in [-0.3, -0.25) is 19.8 Å². The number of aromatic nitrogens is 4. The number of H-pyrrole nitrogens is 4. The Hall–Kier alpha value is -3.98. The average molecular weight is 469 g/mol. The van der Waals surface area contributed by atoms with Crippen molar-refractivity contribution in [1.29, 1.82) is 0 Å². The number of hydrogen-bond acceptors (Lipinski definition) is 5. The van der Waals surface area contributed by atoms with E-state index in [9.17, 15) is 14.4 Å². The molecule has 10 heteroatoms. The van der Waals surface area contributed by atoms with E-state index in [1.54, 1.807) is 44.2 Å². The Balaban J connectivity index is 1.80. The number of hydrogen-bond donors (Lipinski definition) is 4. The number of esters is 1. The van der Waals surface area contributed by atoms with Crippen molar-refractivity contribution in [2.24, 2.45) is 0 Å².